The highest BCUT2D eigenvalue weighted by molar-refractivity contribution is 5.44. The lowest BCUT2D eigenvalue weighted by atomic mass is 10.1. The third-order valence-corrected chi connectivity index (χ3v) is 3.57. The van der Waals surface area contributed by atoms with Crippen molar-refractivity contribution in [2.45, 2.75) is 46.6 Å². The fraction of sp³-hybridized carbons (Fsp3) is 0.667. The number of aromatic nitrogens is 1. The molecule has 0 spiro atoms. The minimum atomic E-state index is 0.0590. The molecule has 0 amide bonds. The van der Waals surface area contributed by atoms with Crippen molar-refractivity contribution in [2.75, 3.05) is 18.0 Å². The van der Waals surface area contributed by atoms with Gasteiger partial charge in [0.1, 0.15) is 0 Å². The smallest absolute Gasteiger partial charge is 0.0572 e. The zero-order valence-corrected chi connectivity index (χ0v) is 12.2. The fourth-order valence-electron chi connectivity index (χ4n) is 1.94. The average molecular weight is 249 g/mol. The van der Waals surface area contributed by atoms with Gasteiger partial charge in [-0.25, -0.2) is 0 Å². The van der Waals surface area contributed by atoms with Crippen LogP contribution in [0, 0.1) is 5.92 Å². The van der Waals surface area contributed by atoms with Gasteiger partial charge in [-0.3, -0.25) is 4.98 Å². The maximum Gasteiger partial charge on any atom is 0.0572 e. The van der Waals surface area contributed by atoms with Gasteiger partial charge in [-0.1, -0.05) is 27.2 Å². The van der Waals surface area contributed by atoms with Crippen LogP contribution in [0.2, 0.25) is 0 Å². The lowest BCUT2D eigenvalue weighted by Gasteiger charge is -2.26. The molecule has 0 fully saturated rings. The van der Waals surface area contributed by atoms with Crippen LogP contribution in [0.5, 0.6) is 0 Å². The molecule has 0 aliphatic rings. The first kappa shape index (κ1) is 15.0. The van der Waals surface area contributed by atoms with Crippen LogP contribution >= 0.6 is 0 Å². The molecule has 3 nitrogen and oxygen atoms in total. The summed E-state index contributed by atoms with van der Waals surface area (Å²) in [6, 6.07) is 4.26. The van der Waals surface area contributed by atoms with Gasteiger partial charge in [0.15, 0.2) is 0 Å². The van der Waals surface area contributed by atoms with Crippen molar-refractivity contribution < 1.29 is 0 Å². The largest absolute Gasteiger partial charge is 0.370 e. The van der Waals surface area contributed by atoms with Crippen LogP contribution in [0.15, 0.2) is 18.3 Å². The highest BCUT2D eigenvalue weighted by Crippen LogP contribution is 2.18. The number of hydrogen-bond donors (Lipinski definition) is 1. The quantitative estimate of drug-likeness (QED) is 0.805. The Kier molecular flexibility index (Phi) is 6.13. The van der Waals surface area contributed by atoms with Crippen LogP contribution in [0.4, 0.5) is 5.69 Å². The molecule has 2 N–H and O–H groups in total. The van der Waals surface area contributed by atoms with Crippen molar-refractivity contribution in [3.63, 3.8) is 0 Å². The van der Waals surface area contributed by atoms with Gasteiger partial charge in [0.05, 0.1) is 17.6 Å². The summed E-state index contributed by atoms with van der Waals surface area (Å²) in [7, 11) is 0. The van der Waals surface area contributed by atoms with E-state index in [0.29, 0.717) is 5.92 Å². The molecule has 0 aromatic carbocycles. The number of hydrogen-bond acceptors (Lipinski definition) is 3. The molecule has 3 heteroatoms. The Morgan fingerprint density at radius 1 is 1.22 bits per heavy atom. The summed E-state index contributed by atoms with van der Waals surface area (Å²) in [6.07, 6.45) is 4.09. The zero-order chi connectivity index (χ0) is 13.5. The van der Waals surface area contributed by atoms with Crippen LogP contribution < -0.4 is 10.6 Å². The van der Waals surface area contributed by atoms with Crippen LogP contribution in [-0.2, 0) is 0 Å². The summed E-state index contributed by atoms with van der Waals surface area (Å²) in [5.41, 5.74) is 8.16. The molecule has 1 heterocycles. The van der Waals surface area contributed by atoms with Gasteiger partial charge < -0.3 is 10.6 Å². The van der Waals surface area contributed by atoms with Crippen molar-refractivity contribution in [2.24, 2.45) is 11.7 Å². The van der Waals surface area contributed by atoms with Gasteiger partial charge >= 0.3 is 0 Å². The normalized spacial score (nSPS) is 14.3. The molecule has 102 valence electrons. The first-order chi connectivity index (χ1) is 8.62. The summed E-state index contributed by atoms with van der Waals surface area (Å²) in [5.74, 6) is 0.711. The molecular weight excluding hydrogens is 222 g/mol. The minimum absolute atomic E-state index is 0.0590. The standard InChI is InChI=1S/C15H27N3/c1-5-12(4)11-18(7-3)13-8-9-15(17-10-13)14(16)6-2/h8-10,12,14H,5-7,11,16H2,1-4H3/t12?,14-/m0/s1. The predicted molar refractivity (Wildman–Crippen MR) is 78.8 cm³/mol. The lowest BCUT2D eigenvalue weighted by Crippen LogP contribution is -2.28. The Balaban J connectivity index is 2.75. The number of nitrogens with two attached hydrogens (primary N) is 1. The van der Waals surface area contributed by atoms with E-state index in [9.17, 15) is 0 Å². The Bertz CT molecular complexity index is 334. The Morgan fingerprint density at radius 2 is 1.94 bits per heavy atom. The molecule has 1 aromatic rings. The summed E-state index contributed by atoms with van der Waals surface area (Å²) in [4.78, 5) is 6.86. The number of pyridine rings is 1. The second-order valence-electron chi connectivity index (χ2n) is 5.01. The molecule has 0 aliphatic carbocycles. The molecule has 2 atom stereocenters. The zero-order valence-electron chi connectivity index (χ0n) is 12.2. The maximum absolute atomic E-state index is 5.98. The number of anilines is 1. The van der Waals surface area contributed by atoms with E-state index in [1.54, 1.807) is 0 Å². The van der Waals surface area contributed by atoms with Crippen molar-refractivity contribution >= 4 is 5.69 Å². The van der Waals surface area contributed by atoms with E-state index in [1.165, 1.54) is 12.1 Å². The van der Waals surface area contributed by atoms with Gasteiger partial charge in [-0.2, -0.15) is 0 Å². The highest BCUT2D eigenvalue weighted by Gasteiger charge is 2.10. The van der Waals surface area contributed by atoms with E-state index in [-0.39, 0.29) is 6.04 Å². The summed E-state index contributed by atoms with van der Waals surface area (Å²) < 4.78 is 0. The third kappa shape index (κ3) is 3.98. The van der Waals surface area contributed by atoms with E-state index in [2.05, 4.69) is 49.7 Å². The molecule has 1 rings (SSSR count). The van der Waals surface area contributed by atoms with E-state index in [1.807, 2.05) is 6.20 Å². The second kappa shape index (κ2) is 7.37. The second-order valence-corrected chi connectivity index (χ2v) is 5.01. The first-order valence-electron chi connectivity index (χ1n) is 7.08. The van der Waals surface area contributed by atoms with Gasteiger partial charge in [0, 0.05) is 19.1 Å². The summed E-state index contributed by atoms with van der Waals surface area (Å²) in [5, 5.41) is 0. The molecule has 1 aromatic heterocycles. The highest BCUT2D eigenvalue weighted by atomic mass is 15.1. The Morgan fingerprint density at radius 3 is 2.39 bits per heavy atom. The van der Waals surface area contributed by atoms with Crippen LogP contribution in [0.25, 0.3) is 0 Å². The van der Waals surface area contributed by atoms with Crippen LogP contribution in [0.1, 0.15) is 52.3 Å². The predicted octanol–water partition coefficient (Wildman–Crippen LogP) is 3.36. The summed E-state index contributed by atoms with van der Waals surface area (Å²) in [6.45, 7) is 10.9. The monoisotopic (exact) mass is 249 g/mol. The average Bonchev–Trinajstić information content (AvgIpc) is 2.43. The van der Waals surface area contributed by atoms with Gasteiger partial charge in [-0.05, 0) is 31.4 Å². The van der Waals surface area contributed by atoms with E-state index >= 15 is 0 Å². The minimum Gasteiger partial charge on any atom is -0.370 e. The van der Waals surface area contributed by atoms with E-state index in [0.717, 1.165) is 25.2 Å². The summed E-state index contributed by atoms with van der Waals surface area (Å²) >= 11 is 0. The first-order valence-corrected chi connectivity index (χ1v) is 7.08. The fourth-order valence-corrected chi connectivity index (χ4v) is 1.94. The van der Waals surface area contributed by atoms with E-state index < -0.39 is 0 Å². The molecule has 18 heavy (non-hydrogen) atoms. The Hall–Kier alpha value is -1.09. The van der Waals surface area contributed by atoms with E-state index in [4.69, 9.17) is 5.73 Å². The molecule has 1 unspecified atom stereocenters. The molecule has 0 bridgehead atoms. The number of nitrogens with zero attached hydrogens (tertiary/aromatic N) is 2. The SMILES string of the molecule is CCC(C)CN(CC)c1ccc([C@@H](N)CC)nc1. The molecule has 0 aliphatic heterocycles. The third-order valence-electron chi connectivity index (χ3n) is 3.57. The topological polar surface area (TPSA) is 42.1 Å². The van der Waals surface area contributed by atoms with Crippen molar-refractivity contribution in [3.8, 4) is 0 Å². The molecule has 0 saturated carbocycles. The number of rotatable bonds is 7. The van der Waals surface area contributed by atoms with Crippen LogP contribution in [-0.4, -0.2) is 18.1 Å². The van der Waals surface area contributed by atoms with Crippen molar-refractivity contribution in [3.05, 3.63) is 24.0 Å². The molecule has 0 radical (unpaired) electrons. The van der Waals surface area contributed by atoms with Crippen LogP contribution in [0.3, 0.4) is 0 Å². The van der Waals surface area contributed by atoms with Gasteiger partial charge in [0.2, 0.25) is 0 Å². The van der Waals surface area contributed by atoms with Crippen molar-refractivity contribution in [1.29, 1.82) is 0 Å². The molecular formula is C15H27N3. The maximum atomic E-state index is 5.98. The van der Waals surface area contributed by atoms with Crippen molar-refractivity contribution in [1.82, 2.24) is 4.98 Å². The van der Waals surface area contributed by atoms with Gasteiger partial charge in [-0.15, -0.1) is 0 Å². The van der Waals surface area contributed by atoms with Gasteiger partial charge in [0.25, 0.3) is 0 Å². The lowest BCUT2D eigenvalue weighted by molar-refractivity contribution is 0.547. The Labute approximate surface area is 111 Å². The molecule has 0 saturated heterocycles.